The second-order valence-electron chi connectivity index (χ2n) is 4.54. The Labute approximate surface area is 114 Å². The molecule has 0 bridgehead atoms. The summed E-state index contributed by atoms with van der Waals surface area (Å²) in [6.07, 6.45) is 3.48. The van der Waals surface area contributed by atoms with E-state index in [9.17, 15) is 14.4 Å². The summed E-state index contributed by atoms with van der Waals surface area (Å²) in [4.78, 5) is 33.5. The zero-order valence-electron chi connectivity index (χ0n) is 10.7. The van der Waals surface area contributed by atoms with Crippen LogP contribution in [0.3, 0.4) is 0 Å². The smallest absolute Gasteiger partial charge is 0.325 e. The number of hydrogen-bond donors (Lipinski definition) is 3. The van der Waals surface area contributed by atoms with E-state index < -0.39 is 11.9 Å². The molecule has 1 heterocycles. The number of carbonyl (C=O) groups excluding carboxylic acids is 2. The second kappa shape index (κ2) is 6.13. The van der Waals surface area contributed by atoms with Gasteiger partial charge < -0.3 is 15.7 Å². The van der Waals surface area contributed by atoms with Crippen molar-refractivity contribution in [3.63, 3.8) is 0 Å². The second-order valence-corrected chi connectivity index (χ2v) is 4.54. The number of carboxylic acids is 1. The summed E-state index contributed by atoms with van der Waals surface area (Å²) in [5.41, 5.74) is 0.0221. The molecule has 108 valence electrons. The molecule has 1 aliphatic carbocycles. The van der Waals surface area contributed by atoms with Crippen LogP contribution in [-0.4, -0.2) is 50.5 Å². The minimum atomic E-state index is -1.07. The third kappa shape index (κ3) is 4.34. The topological polar surface area (TPSA) is 126 Å². The zero-order valence-corrected chi connectivity index (χ0v) is 10.7. The van der Waals surface area contributed by atoms with E-state index in [1.807, 2.05) is 0 Å². The molecular formula is C11H15N5O4. The number of nitrogens with one attached hydrogen (secondary N) is 2. The molecule has 1 aromatic rings. The van der Waals surface area contributed by atoms with Gasteiger partial charge in [-0.3, -0.25) is 14.4 Å². The largest absolute Gasteiger partial charge is 0.480 e. The van der Waals surface area contributed by atoms with E-state index in [2.05, 4.69) is 20.9 Å². The van der Waals surface area contributed by atoms with Gasteiger partial charge >= 0.3 is 5.97 Å². The standard InChI is InChI=1S/C11H15N5O4/c17-9(13-7-1-2-7)3-4-12-11(20)8-5-16(15-14-8)6-10(18)19/h5,7H,1-4,6H2,(H,12,20)(H,13,17)(H,18,19). The van der Waals surface area contributed by atoms with Crippen molar-refractivity contribution in [1.29, 1.82) is 0 Å². The number of carboxylic acid groups (broad SMARTS) is 1. The van der Waals surface area contributed by atoms with Crippen LogP contribution in [0, 0.1) is 0 Å². The van der Waals surface area contributed by atoms with Crippen LogP contribution in [0.2, 0.25) is 0 Å². The van der Waals surface area contributed by atoms with Gasteiger partial charge in [0.1, 0.15) is 6.54 Å². The number of aliphatic carboxylic acids is 1. The molecule has 9 heteroatoms. The first-order valence-corrected chi connectivity index (χ1v) is 6.24. The quantitative estimate of drug-likeness (QED) is 0.574. The Hall–Kier alpha value is -2.45. The summed E-state index contributed by atoms with van der Waals surface area (Å²) in [5, 5.41) is 21.0. The Morgan fingerprint density at radius 2 is 2.15 bits per heavy atom. The van der Waals surface area contributed by atoms with Crippen molar-refractivity contribution < 1.29 is 19.5 Å². The van der Waals surface area contributed by atoms with Crippen molar-refractivity contribution in [3.8, 4) is 0 Å². The predicted octanol–water partition coefficient (Wildman–Crippen LogP) is -1.24. The van der Waals surface area contributed by atoms with Gasteiger partial charge in [0.15, 0.2) is 5.69 Å². The van der Waals surface area contributed by atoms with E-state index in [-0.39, 0.29) is 31.1 Å². The SMILES string of the molecule is O=C(O)Cn1cc(C(=O)NCCC(=O)NC2CC2)nn1. The van der Waals surface area contributed by atoms with Crippen molar-refractivity contribution in [3.05, 3.63) is 11.9 Å². The Morgan fingerprint density at radius 3 is 2.80 bits per heavy atom. The summed E-state index contributed by atoms with van der Waals surface area (Å²) in [6, 6.07) is 0.300. The predicted molar refractivity (Wildman–Crippen MR) is 65.8 cm³/mol. The fourth-order valence-corrected chi connectivity index (χ4v) is 1.53. The maximum absolute atomic E-state index is 11.7. The van der Waals surface area contributed by atoms with Crippen molar-refractivity contribution in [2.45, 2.75) is 31.8 Å². The monoisotopic (exact) mass is 281 g/mol. The van der Waals surface area contributed by atoms with E-state index in [1.165, 1.54) is 6.20 Å². The van der Waals surface area contributed by atoms with Crippen LogP contribution in [0.1, 0.15) is 29.8 Å². The fourth-order valence-electron chi connectivity index (χ4n) is 1.53. The highest BCUT2D eigenvalue weighted by Crippen LogP contribution is 2.18. The maximum Gasteiger partial charge on any atom is 0.325 e. The molecule has 0 aromatic carbocycles. The number of hydrogen-bond acceptors (Lipinski definition) is 5. The lowest BCUT2D eigenvalue weighted by molar-refractivity contribution is -0.138. The molecule has 1 fully saturated rings. The number of rotatable bonds is 7. The van der Waals surface area contributed by atoms with Gasteiger partial charge in [-0.15, -0.1) is 5.10 Å². The van der Waals surface area contributed by atoms with Gasteiger partial charge in [-0.1, -0.05) is 5.21 Å². The average molecular weight is 281 g/mol. The lowest BCUT2D eigenvalue weighted by atomic mass is 10.3. The van der Waals surface area contributed by atoms with Crippen LogP contribution in [0.5, 0.6) is 0 Å². The number of aromatic nitrogens is 3. The zero-order chi connectivity index (χ0) is 14.5. The number of amides is 2. The Balaban J connectivity index is 1.72. The van der Waals surface area contributed by atoms with Gasteiger partial charge in [-0.25, -0.2) is 4.68 Å². The van der Waals surface area contributed by atoms with Crippen molar-refractivity contribution in [2.75, 3.05) is 6.54 Å². The highest BCUT2D eigenvalue weighted by molar-refractivity contribution is 5.92. The normalized spacial score (nSPS) is 13.8. The third-order valence-electron chi connectivity index (χ3n) is 2.65. The highest BCUT2D eigenvalue weighted by atomic mass is 16.4. The molecule has 0 atom stereocenters. The molecule has 20 heavy (non-hydrogen) atoms. The van der Waals surface area contributed by atoms with Gasteiger partial charge in [0.2, 0.25) is 5.91 Å². The van der Waals surface area contributed by atoms with E-state index in [4.69, 9.17) is 5.11 Å². The molecule has 0 aliphatic heterocycles. The summed E-state index contributed by atoms with van der Waals surface area (Å²) < 4.78 is 1.05. The van der Waals surface area contributed by atoms with Crippen molar-refractivity contribution >= 4 is 17.8 Å². The van der Waals surface area contributed by atoms with E-state index >= 15 is 0 Å². The average Bonchev–Trinajstić information content (AvgIpc) is 3.05. The lowest BCUT2D eigenvalue weighted by Gasteiger charge is -2.03. The number of carbonyl (C=O) groups is 3. The lowest BCUT2D eigenvalue weighted by Crippen LogP contribution is -2.31. The van der Waals surface area contributed by atoms with Gasteiger partial charge in [0.25, 0.3) is 5.91 Å². The molecule has 9 nitrogen and oxygen atoms in total. The first-order valence-electron chi connectivity index (χ1n) is 6.24. The fraction of sp³-hybridized carbons (Fsp3) is 0.545. The van der Waals surface area contributed by atoms with E-state index in [0.29, 0.717) is 6.04 Å². The molecular weight excluding hydrogens is 266 g/mol. The van der Waals surface area contributed by atoms with Crippen molar-refractivity contribution in [1.82, 2.24) is 25.6 Å². The molecule has 0 radical (unpaired) electrons. The molecule has 0 spiro atoms. The Kier molecular flexibility index (Phi) is 4.28. The first-order chi connectivity index (χ1) is 9.54. The first kappa shape index (κ1) is 14.0. The van der Waals surface area contributed by atoms with E-state index in [0.717, 1.165) is 17.5 Å². The van der Waals surface area contributed by atoms with Gasteiger partial charge in [-0.2, -0.15) is 0 Å². The summed E-state index contributed by atoms with van der Waals surface area (Å²) in [6.45, 7) is -0.159. The maximum atomic E-state index is 11.7. The van der Waals surface area contributed by atoms with Crippen LogP contribution in [0.4, 0.5) is 0 Å². The summed E-state index contributed by atoms with van der Waals surface area (Å²) >= 11 is 0. The minimum Gasteiger partial charge on any atom is -0.480 e. The van der Waals surface area contributed by atoms with Gasteiger partial charge in [0, 0.05) is 19.0 Å². The van der Waals surface area contributed by atoms with Crippen LogP contribution in [0.15, 0.2) is 6.20 Å². The van der Waals surface area contributed by atoms with Crippen LogP contribution in [0.25, 0.3) is 0 Å². The van der Waals surface area contributed by atoms with Gasteiger partial charge in [0.05, 0.1) is 6.20 Å². The summed E-state index contributed by atoms with van der Waals surface area (Å²) in [5.74, 6) is -1.65. The molecule has 0 saturated heterocycles. The molecule has 2 amide bonds. The van der Waals surface area contributed by atoms with Crippen molar-refractivity contribution in [2.24, 2.45) is 0 Å². The van der Waals surface area contributed by atoms with Crippen LogP contribution >= 0.6 is 0 Å². The highest BCUT2D eigenvalue weighted by Gasteiger charge is 2.22. The molecule has 1 saturated carbocycles. The molecule has 1 aliphatic rings. The number of nitrogens with zero attached hydrogens (tertiary/aromatic N) is 3. The summed E-state index contributed by atoms with van der Waals surface area (Å²) in [7, 11) is 0. The molecule has 1 aromatic heterocycles. The Morgan fingerprint density at radius 1 is 1.40 bits per heavy atom. The van der Waals surface area contributed by atoms with Gasteiger partial charge in [-0.05, 0) is 12.8 Å². The third-order valence-corrected chi connectivity index (χ3v) is 2.65. The molecule has 2 rings (SSSR count). The minimum absolute atomic E-state index is 0.0221. The Bertz CT molecular complexity index is 523. The van der Waals surface area contributed by atoms with Crippen LogP contribution < -0.4 is 10.6 Å². The van der Waals surface area contributed by atoms with E-state index in [1.54, 1.807) is 0 Å². The molecule has 3 N–H and O–H groups in total. The molecule has 0 unspecified atom stereocenters. The van der Waals surface area contributed by atoms with Crippen LogP contribution in [-0.2, 0) is 16.1 Å².